The Bertz CT molecular complexity index is 341. The molecule has 3 atom stereocenters. The van der Waals surface area contributed by atoms with E-state index in [1.165, 1.54) is 19.4 Å². The number of ether oxygens (including phenoxy) is 1. The van der Waals surface area contributed by atoms with Crippen molar-refractivity contribution in [1.29, 1.82) is 5.26 Å². The summed E-state index contributed by atoms with van der Waals surface area (Å²) in [5.74, 6) is 0.379. The molecule has 0 aromatic rings. The van der Waals surface area contributed by atoms with Gasteiger partial charge in [-0.25, -0.2) is 0 Å². The van der Waals surface area contributed by atoms with Gasteiger partial charge < -0.3 is 15.4 Å². The first-order valence-electron chi connectivity index (χ1n) is 8.22. The fourth-order valence-corrected chi connectivity index (χ4v) is 3.63. The fraction of sp³-hybridized carbons (Fsp3) is 0.938. The van der Waals surface area contributed by atoms with Crippen LogP contribution in [0.3, 0.4) is 0 Å². The average molecular weight is 279 g/mol. The minimum atomic E-state index is -0.562. The number of nitrogens with zero attached hydrogens (tertiary/aromatic N) is 2. The molecule has 0 amide bonds. The number of hydrogen-bond donors (Lipinski definition) is 1. The molecule has 4 nitrogen and oxygen atoms in total. The molecule has 20 heavy (non-hydrogen) atoms. The first-order valence-corrected chi connectivity index (χ1v) is 8.22. The van der Waals surface area contributed by atoms with Crippen molar-refractivity contribution in [2.45, 2.75) is 63.5 Å². The molecule has 0 spiro atoms. The Hall–Kier alpha value is -0.630. The maximum atomic E-state index is 9.26. The molecule has 0 bridgehead atoms. The molecule has 3 unspecified atom stereocenters. The highest BCUT2D eigenvalue weighted by Gasteiger charge is 2.39. The van der Waals surface area contributed by atoms with E-state index in [1.54, 1.807) is 0 Å². The molecule has 1 saturated carbocycles. The molecular weight excluding hydrogens is 250 g/mol. The average Bonchev–Trinajstić information content (AvgIpc) is 2.85. The predicted molar refractivity (Wildman–Crippen MR) is 80.2 cm³/mol. The van der Waals surface area contributed by atoms with E-state index in [1.807, 2.05) is 0 Å². The molecule has 0 aromatic heterocycles. The third kappa shape index (κ3) is 3.94. The van der Waals surface area contributed by atoms with Crippen molar-refractivity contribution < 1.29 is 4.74 Å². The number of nitriles is 1. The first kappa shape index (κ1) is 15.8. The van der Waals surface area contributed by atoms with Gasteiger partial charge in [-0.2, -0.15) is 5.26 Å². The third-order valence-electron chi connectivity index (χ3n) is 4.89. The zero-order chi connectivity index (χ0) is 14.4. The van der Waals surface area contributed by atoms with Crippen LogP contribution >= 0.6 is 0 Å². The number of likely N-dealkylation sites (tertiary alicyclic amines) is 1. The standard InChI is InChI=1S/C16H29N3O/c1-2-11-20-15-6-4-9-19(12-15)10-7-14-5-3-8-16(14,18)13-17/h14-15H,2-12,18H2,1H3. The Balaban J connectivity index is 1.75. The van der Waals surface area contributed by atoms with Crippen LogP contribution in [0.5, 0.6) is 0 Å². The third-order valence-corrected chi connectivity index (χ3v) is 4.89. The van der Waals surface area contributed by atoms with Gasteiger partial charge in [-0.3, -0.25) is 0 Å². The molecule has 114 valence electrons. The van der Waals surface area contributed by atoms with Gasteiger partial charge in [0.05, 0.1) is 12.2 Å². The largest absolute Gasteiger partial charge is 0.377 e. The van der Waals surface area contributed by atoms with Gasteiger partial charge in [0.1, 0.15) is 5.54 Å². The van der Waals surface area contributed by atoms with E-state index >= 15 is 0 Å². The van der Waals surface area contributed by atoms with E-state index in [-0.39, 0.29) is 0 Å². The quantitative estimate of drug-likeness (QED) is 0.810. The van der Waals surface area contributed by atoms with Crippen molar-refractivity contribution >= 4 is 0 Å². The fourth-order valence-electron chi connectivity index (χ4n) is 3.63. The van der Waals surface area contributed by atoms with Gasteiger partial charge in [0.25, 0.3) is 0 Å². The molecule has 4 heteroatoms. The Kier molecular flexibility index (Phi) is 5.83. The van der Waals surface area contributed by atoms with Crippen LogP contribution in [0.2, 0.25) is 0 Å². The SMILES string of the molecule is CCCOC1CCCN(CCC2CCCC2(N)C#N)C1. The smallest absolute Gasteiger partial charge is 0.107 e. The predicted octanol–water partition coefficient (Wildman–Crippen LogP) is 2.29. The molecule has 1 saturated heterocycles. The zero-order valence-electron chi connectivity index (χ0n) is 12.8. The summed E-state index contributed by atoms with van der Waals surface area (Å²) < 4.78 is 5.88. The molecule has 2 aliphatic rings. The topological polar surface area (TPSA) is 62.3 Å². The van der Waals surface area contributed by atoms with Crippen molar-refractivity contribution in [3.63, 3.8) is 0 Å². The van der Waals surface area contributed by atoms with Gasteiger partial charge in [-0.05, 0) is 57.5 Å². The molecule has 1 aliphatic carbocycles. The minimum absolute atomic E-state index is 0.379. The number of nitrogens with two attached hydrogens (primary N) is 1. The maximum absolute atomic E-state index is 9.26. The molecule has 0 radical (unpaired) electrons. The summed E-state index contributed by atoms with van der Waals surface area (Å²) in [5, 5.41) is 9.26. The molecule has 2 rings (SSSR count). The minimum Gasteiger partial charge on any atom is -0.377 e. The summed E-state index contributed by atoms with van der Waals surface area (Å²) in [5.41, 5.74) is 5.65. The summed E-state index contributed by atoms with van der Waals surface area (Å²) >= 11 is 0. The highest BCUT2D eigenvalue weighted by atomic mass is 16.5. The lowest BCUT2D eigenvalue weighted by Crippen LogP contribution is -2.45. The molecule has 1 aliphatic heterocycles. The Morgan fingerprint density at radius 2 is 2.25 bits per heavy atom. The number of hydrogen-bond acceptors (Lipinski definition) is 4. The monoisotopic (exact) mass is 279 g/mol. The van der Waals surface area contributed by atoms with Crippen LogP contribution in [-0.2, 0) is 4.74 Å². The Labute approximate surface area is 123 Å². The van der Waals surface area contributed by atoms with Crippen LogP contribution in [0.25, 0.3) is 0 Å². The van der Waals surface area contributed by atoms with Gasteiger partial charge >= 0.3 is 0 Å². The number of rotatable bonds is 6. The van der Waals surface area contributed by atoms with Crippen molar-refractivity contribution in [2.24, 2.45) is 11.7 Å². The van der Waals surface area contributed by atoms with Crippen molar-refractivity contribution in [2.75, 3.05) is 26.2 Å². The summed E-state index contributed by atoms with van der Waals surface area (Å²) in [6.45, 7) is 6.32. The van der Waals surface area contributed by atoms with E-state index in [9.17, 15) is 5.26 Å². The Morgan fingerprint density at radius 3 is 3.00 bits per heavy atom. The van der Waals surface area contributed by atoms with Crippen LogP contribution in [0.15, 0.2) is 0 Å². The molecule has 0 aromatic carbocycles. The van der Waals surface area contributed by atoms with Crippen LogP contribution in [0.4, 0.5) is 0 Å². The van der Waals surface area contributed by atoms with Crippen LogP contribution in [0, 0.1) is 17.2 Å². The molecule has 2 N–H and O–H groups in total. The second kappa shape index (κ2) is 7.40. The second-order valence-electron chi connectivity index (χ2n) is 6.47. The highest BCUT2D eigenvalue weighted by molar-refractivity contribution is 5.11. The van der Waals surface area contributed by atoms with E-state index in [2.05, 4.69) is 17.9 Å². The summed E-state index contributed by atoms with van der Waals surface area (Å²) in [7, 11) is 0. The van der Waals surface area contributed by atoms with Gasteiger partial charge in [-0.15, -0.1) is 0 Å². The lowest BCUT2D eigenvalue weighted by Gasteiger charge is -2.34. The molecule has 1 heterocycles. The lowest BCUT2D eigenvalue weighted by atomic mass is 9.87. The van der Waals surface area contributed by atoms with Gasteiger partial charge in [0.2, 0.25) is 0 Å². The normalized spacial score (nSPS) is 35.0. The van der Waals surface area contributed by atoms with Crippen LogP contribution in [0.1, 0.15) is 51.9 Å². The van der Waals surface area contributed by atoms with Crippen molar-refractivity contribution in [3.05, 3.63) is 0 Å². The van der Waals surface area contributed by atoms with Gasteiger partial charge in [0.15, 0.2) is 0 Å². The Morgan fingerprint density at radius 1 is 1.40 bits per heavy atom. The summed E-state index contributed by atoms with van der Waals surface area (Å²) in [6, 6.07) is 2.35. The van der Waals surface area contributed by atoms with E-state index in [4.69, 9.17) is 10.5 Å². The second-order valence-corrected chi connectivity index (χ2v) is 6.47. The lowest BCUT2D eigenvalue weighted by molar-refractivity contribution is -0.00155. The first-order chi connectivity index (χ1) is 9.68. The van der Waals surface area contributed by atoms with Crippen molar-refractivity contribution in [3.8, 4) is 6.07 Å². The van der Waals surface area contributed by atoms with E-state index in [0.29, 0.717) is 12.0 Å². The number of piperidine rings is 1. The van der Waals surface area contributed by atoms with E-state index < -0.39 is 5.54 Å². The molecule has 2 fully saturated rings. The summed E-state index contributed by atoms with van der Waals surface area (Å²) in [6.07, 6.45) is 8.08. The van der Waals surface area contributed by atoms with Crippen LogP contribution in [-0.4, -0.2) is 42.8 Å². The van der Waals surface area contributed by atoms with Gasteiger partial charge in [0, 0.05) is 13.2 Å². The van der Waals surface area contributed by atoms with E-state index in [0.717, 1.165) is 51.8 Å². The van der Waals surface area contributed by atoms with Gasteiger partial charge in [-0.1, -0.05) is 13.3 Å². The van der Waals surface area contributed by atoms with Crippen molar-refractivity contribution in [1.82, 2.24) is 4.90 Å². The highest BCUT2D eigenvalue weighted by Crippen LogP contribution is 2.35. The summed E-state index contributed by atoms with van der Waals surface area (Å²) in [4.78, 5) is 2.50. The maximum Gasteiger partial charge on any atom is 0.107 e. The zero-order valence-corrected chi connectivity index (χ0v) is 12.8. The molecular formula is C16H29N3O. The van der Waals surface area contributed by atoms with Crippen LogP contribution < -0.4 is 5.73 Å².